The minimum Gasteiger partial charge on any atom is -0.478 e. The van der Waals surface area contributed by atoms with E-state index >= 15 is 0 Å². The Balaban J connectivity index is 2.69. The summed E-state index contributed by atoms with van der Waals surface area (Å²) in [5, 5.41) is 9.88. The average Bonchev–Trinajstić information content (AvgIpc) is 2.34. The van der Waals surface area contributed by atoms with E-state index in [0.29, 0.717) is 10.6 Å². The van der Waals surface area contributed by atoms with Crippen LogP contribution < -0.4 is 5.73 Å². The molecule has 0 spiro atoms. The SMILES string of the molecule is Nc1c(C(=O)O)ccnc1-c1cc(Cl)c(Cl)cc1Cl. The summed E-state index contributed by atoms with van der Waals surface area (Å²) in [6.07, 6.45) is 1.34. The first-order valence-corrected chi connectivity index (χ1v) is 6.18. The van der Waals surface area contributed by atoms with Crippen LogP contribution in [0.25, 0.3) is 11.3 Å². The molecule has 3 N–H and O–H groups in total. The van der Waals surface area contributed by atoms with Gasteiger partial charge in [0.1, 0.15) is 0 Å². The fourth-order valence-corrected chi connectivity index (χ4v) is 2.21. The molecule has 0 aliphatic carbocycles. The molecule has 0 unspecified atom stereocenters. The predicted molar refractivity (Wildman–Crippen MR) is 76.1 cm³/mol. The summed E-state index contributed by atoms with van der Waals surface area (Å²) in [7, 11) is 0. The van der Waals surface area contributed by atoms with Crippen molar-refractivity contribution in [2.24, 2.45) is 0 Å². The van der Waals surface area contributed by atoms with Gasteiger partial charge in [0.05, 0.1) is 32.0 Å². The molecule has 0 fully saturated rings. The van der Waals surface area contributed by atoms with Crippen LogP contribution in [0.4, 0.5) is 5.69 Å². The highest BCUT2D eigenvalue weighted by molar-refractivity contribution is 6.44. The predicted octanol–water partition coefficient (Wildman–Crippen LogP) is 3.99. The van der Waals surface area contributed by atoms with E-state index in [-0.39, 0.29) is 27.0 Å². The van der Waals surface area contributed by atoms with Gasteiger partial charge in [0.2, 0.25) is 0 Å². The quantitative estimate of drug-likeness (QED) is 0.821. The molecule has 1 heterocycles. The number of halogens is 3. The van der Waals surface area contributed by atoms with E-state index in [1.165, 1.54) is 24.4 Å². The number of aromatic nitrogens is 1. The Kier molecular flexibility index (Phi) is 3.85. The molecule has 0 saturated heterocycles. The number of hydrogen-bond acceptors (Lipinski definition) is 3. The number of benzene rings is 1. The van der Waals surface area contributed by atoms with Gasteiger partial charge in [-0.15, -0.1) is 0 Å². The van der Waals surface area contributed by atoms with Gasteiger partial charge in [-0.1, -0.05) is 34.8 Å². The summed E-state index contributed by atoms with van der Waals surface area (Å²) in [4.78, 5) is 15.1. The van der Waals surface area contributed by atoms with Crippen molar-refractivity contribution in [1.29, 1.82) is 0 Å². The van der Waals surface area contributed by atoms with Gasteiger partial charge in [0, 0.05) is 11.8 Å². The summed E-state index contributed by atoms with van der Waals surface area (Å²) in [6.45, 7) is 0. The normalized spacial score (nSPS) is 10.5. The molecule has 0 aliphatic rings. The van der Waals surface area contributed by atoms with E-state index in [4.69, 9.17) is 45.6 Å². The molecule has 0 amide bonds. The lowest BCUT2D eigenvalue weighted by molar-refractivity contribution is 0.0698. The second-order valence-corrected chi connectivity index (χ2v) is 4.89. The zero-order chi connectivity index (χ0) is 14.2. The van der Waals surface area contributed by atoms with Crippen LogP contribution in [-0.2, 0) is 0 Å². The number of carbonyl (C=O) groups is 1. The lowest BCUT2D eigenvalue weighted by Gasteiger charge is -2.10. The Morgan fingerprint density at radius 1 is 1.16 bits per heavy atom. The zero-order valence-electron chi connectivity index (χ0n) is 9.32. The first kappa shape index (κ1) is 13.9. The molecule has 19 heavy (non-hydrogen) atoms. The molecule has 0 radical (unpaired) electrons. The first-order chi connectivity index (χ1) is 8.91. The summed E-state index contributed by atoms with van der Waals surface area (Å²) in [5.74, 6) is -1.14. The average molecular weight is 318 g/mol. The number of nitrogen functional groups attached to an aromatic ring is 1. The van der Waals surface area contributed by atoms with Crippen molar-refractivity contribution in [1.82, 2.24) is 4.98 Å². The highest BCUT2D eigenvalue weighted by Gasteiger charge is 2.17. The Hall–Kier alpha value is -1.49. The van der Waals surface area contributed by atoms with E-state index in [1.807, 2.05) is 0 Å². The van der Waals surface area contributed by atoms with Crippen molar-refractivity contribution in [2.45, 2.75) is 0 Å². The number of carboxylic acids is 1. The van der Waals surface area contributed by atoms with Crippen molar-refractivity contribution in [3.8, 4) is 11.3 Å². The number of hydrogen-bond donors (Lipinski definition) is 2. The lowest BCUT2D eigenvalue weighted by Crippen LogP contribution is -2.05. The van der Waals surface area contributed by atoms with Crippen molar-refractivity contribution < 1.29 is 9.90 Å². The third-order valence-electron chi connectivity index (χ3n) is 2.49. The molecule has 4 nitrogen and oxygen atoms in total. The largest absolute Gasteiger partial charge is 0.478 e. The highest BCUT2D eigenvalue weighted by Crippen LogP contribution is 2.37. The summed E-state index contributed by atoms with van der Waals surface area (Å²) in [5.41, 5.74) is 6.45. The molecular formula is C12H7Cl3N2O2. The molecule has 98 valence electrons. The van der Waals surface area contributed by atoms with Gasteiger partial charge in [-0.25, -0.2) is 4.79 Å². The van der Waals surface area contributed by atoms with E-state index < -0.39 is 5.97 Å². The van der Waals surface area contributed by atoms with Crippen molar-refractivity contribution in [2.75, 3.05) is 5.73 Å². The van der Waals surface area contributed by atoms with Gasteiger partial charge in [-0.2, -0.15) is 0 Å². The standard InChI is InChI=1S/C12H7Cl3N2O2/c13-7-4-9(15)8(14)3-6(7)11-10(16)5(12(18)19)1-2-17-11/h1-4H,16H2,(H,18,19). The monoisotopic (exact) mass is 316 g/mol. The van der Waals surface area contributed by atoms with Crippen molar-refractivity contribution in [3.05, 3.63) is 45.0 Å². The minimum absolute atomic E-state index is 0.0234. The van der Waals surface area contributed by atoms with Gasteiger partial charge in [-0.3, -0.25) is 4.98 Å². The molecule has 0 saturated carbocycles. The fourth-order valence-electron chi connectivity index (χ4n) is 1.58. The van der Waals surface area contributed by atoms with Crippen LogP contribution in [0, 0.1) is 0 Å². The van der Waals surface area contributed by atoms with Gasteiger partial charge in [0.15, 0.2) is 0 Å². The Labute approximate surface area is 123 Å². The zero-order valence-corrected chi connectivity index (χ0v) is 11.6. The van der Waals surface area contributed by atoms with Crippen LogP contribution in [0.5, 0.6) is 0 Å². The van der Waals surface area contributed by atoms with Crippen LogP contribution in [0.3, 0.4) is 0 Å². The maximum Gasteiger partial charge on any atom is 0.337 e. The highest BCUT2D eigenvalue weighted by atomic mass is 35.5. The van der Waals surface area contributed by atoms with E-state index in [2.05, 4.69) is 4.98 Å². The number of carboxylic acid groups (broad SMARTS) is 1. The summed E-state index contributed by atoms with van der Waals surface area (Å²) in [6, 6.07) is 4.26. The Morgan fingerprint density at radius 3 is 2.42 bits per heavy atom. The number of rotatable bonds is 2. The molecule has 0 bridgehead atoms. The van der Waals surface area contributed by atoms with Crippen LogP contribution in [-0.4, -0.2) is 16.1 Å². The molecule has 1 aromatic heterocycles. The van der Waals surface area contributed by atoms with Gasteiger partial charge >= 0.3 is 5.97 Å². The number of nitrogens with two attached hydrogens (primary N) is 1. The van der Waals surface area contributed by atoms with Crippen LogP contribution in [0.1, 0.15) is 10.4 Å². The number of pyridine rings is 1. The van der Waals surface area contributed by atoms with Crippen LogP contribution in [0.2, 0.25) is 15.1 Å². The molecular weight excluding hydrogens is 311 g/mol. The summed E-state index contributed by atoms with van der Waals surface area (Å²) < 4.78 is 0. The van der Waals surface area contributed by atoms with Gasteiger partial charge < -0.3 is 10.8 Å². The van der Waals surface area contributed by atoms with Crippen molar-refractivity contribution in [3.63, 3.8) is 0 Å². The molecule has 0 aliphatic heterocycles. The van der Waals surface area contributed by atoms with Gasteiger partial charge in [-0.05, 0) is 18.2 Å². The maximum absolute atomic E-state index is 11.0. The topological polar surface area (TPSA) is 76.2 Å². The smallest absolute Gasteiger partial charge is 0.337 e. The second kappa shape index (κ2) is 5.25. The fraction of sp³-hybridized carbons (Fsp3) is 0. The Morgan fingerprint density at radius 2 is 1.79 bits per heavy atom. The third-order valence-corrected chi connectivity index (χ3v) is 3.52. The maximum atomic E-state index is 11.0. The molecule has 2 aromatic rings. The van der Waals surface area contributed by atoms with Crippen LogP contribution >= 0.6 is 34.8 Å². The van der Waals surface area contributed by atoms with Crippen LogP contribution in [0.15, 0.2) is 24.4 Å². The van der Waals surface area contributed by atoms with E-state index in [1.54, 1.807) is 0 Å². The number of nitrogens with zero attached hydrogens (tertiary/aromatic N) is 1. The van der Waals surface area contributed by atoms with E-state index in [9.17, 15) is 4.79 Å². The van der Waals surface area contributed by atoms with E-state index in [0.717, 1.165) is 0 Å². The molecule has 1 aromatic carbocycles. The number of aromatic carboxylic acids is 1. The minimum atomic E-state index is -1.14. The third kappa shape index (κ3) is 2.61. The molecule has 0 atom stereocenters. The molecule has 2 rings (SSSR count). The number of anilines is 1. The Bertz CT molecular complexity index is 674. The first-order valence-electron chi connectivity index (χ1n) is 5.04. The van der Waals surface area contributed by atoms with Crippen molar-refractivity contribution >= 4 is 46.5 Å². The second-order valence-electron chi connectivity index (χ2n) is 3.67. The van der Waals surface area contributed by atoms with Gasteiger partial charge in [0.25, 0.3) is 0 Å². The summed E-state index contributed by atoms with van der Waals surface area (Å²) >= 11 is 17.8. The molecule has 7 heteroatoms. The lowest BCUT2D eigenvalue weighted by atomic mass is 10.1.